The molecule has 4 aromatic rings. The van der Waals surface area contributed by atoms with Crippen molar-refractivity contribution in [1.29, 1.82) is 5.26 Å². The number of aromatic amines is 1. The molecule has 2 heterocycles. The molecule has 0 unspecified atom stereocenters. The highest BCUT2D eigenvalue weighted by molar-refractivity contribution is 5.89. The zero-order chi connectivity index (χ0) is 16.4. The Morgan fingerprint density at radius 1 is 1.04 bits per heavy atom. The quantitative estimate of drug-likeness (QED) is 0.585. The largest absolute Gasteiger partial charge is 0.337 e. The molecule has 0 atom stereocenters. The monoisotopic (exact) mass is 311 g/mol. The maximum absolute atomic E-state index is 9.48. The van der Waals surface area contributed by atoms with Crippen molar-refractivity contribution in [2.24, 2.45) is 0 Å². The van der Waals surface area contributed by atoms with E-state index < -0.39 is 0 Å². The summed E-state index contributed by atoms with van der Waals surface area (Å²) in [4.78, 5) is 7.63. The van der Waals surface area contributed by atoms with Crippen molar-refractivity contribution in [2.45, 2.75) is 0 Å². The van der Waals surface area contributed by atoms with Crippen LogP contribution in [0.15, 0.2) is 66.9 Å². The summed E-state index contributed by atoms with van der Waals surface area (Å²) in [6, 6.07) is 21.6. The lowest BCUT2D eigenvalue weighted by Crippen LogP contribution is -1.94. The number of fused-ring (bicyclic) bond motifs is 1. The van der Waals surface area contributed by atoms with Gasteiger partial charge in [-0.3, -0.25) is 0 Å². The summed E-state index contributed by atoms with van der Waals surface area (Å²) in [5, 5.41) is 14.0. The minimum Gasteiger partial charge on any atom is -0.337 e. The van der Waals surface area contributed by atoms with Gasteiger partial charge in [0.05, 0.1) is 28.0 Å². The number of imidazole rings is 1. The van der Waals surface area contributed by atoms with Gasteiger partial charge in [0.2, 0.25) is 0 Å². The van der Waals surface area contributed by atoms with Gasteiger partial charge in [0, 0.05) is 6.20 Å². The Morgan fingerprint density at radius 3 is 2.62 bits per heavy atom. The van der Waals surface area contributed by atoms with Crippen LogP contribution in [0.25, 0.3) is 28.4 Å². The molecule has 0 radical (unpaired) electrons. The lowest BCUT2D eigenvalue weighted by molar-refractivity contribution is 0.876. The number of rotatable bonds is 3. The van der Waals surface area contributed by atoms with Gasteiger partial charge in [-0.25, -0.2) is 9.67 Å². The number of hydrogen-bond acceptors (Lipinski definition) is 3. The zero-order valence-corrected chi connectivity index (χ0v) is 12.7. The summed E-state index contributed by atoms with van der Waals surface area (Å²) in [6.07, 6.45) is 3.60. The van der Waals surface area contributed by atoms with E-state index in [1.807, 2.05) is 66.9 Å². The van der Waals surface area contributed by atoms with Gasteiger partial charge in [0.15, 0.2) is 0 Å². The SMILES string of the molecule is N#CC(=Cc1ccn(-c2ccccc2)n1)c1nc2ccccc2[nH]1. The number of para-hydroxylation sites is 3. The molecule has 2 aromatic heterocycles. The average Bonchev–Trinajstić information content (AvgIpc) is 3.27. The number of benzene rings is 2. The zero-order valence-electron chi connectivity index (χ0n) is 12.7. The molecule has 0 aliphatic rings. The van der Waals surface area contributed by atoms with E-state index in [0.29, 0.717) is 17.1 Å². The lowest BCUT2D eigenvalue weighted by Gasteiger charge is -1.99. The first-order valence-corrected chi connectivity index (χ1v) is 7.51. The summed E-state index contributed by atoms with van der Waals surface area (Å²) < 4.78 is 1.78. The molecule has 4 rings (SSSR count). The topological polar surface area (TPSA) is 70.3 Å². The molecule has 0 saturated carbocycles. The number of nitrogens with one attached hydrogen (secondary N) is 1. The smallest absolute Gasteiger partial charge is 0.149 e. The number of H-pyrrole nitrogens is 1. The molecule has 0 spiro atoms. The van der Waals surface area contributed by atoms with Gasteiger partial charge in [-0.15, -0.1) is 0 Å². The van der Waals surface area contributed by atoms with Crippen molar-refractivity contribution < 1.29 is 0 Å². The van der Waals surface area contributed by atoms with E-state index >= 15 is 0 Å². The molecule has 0 amide bonds. The van der Waals surface area contributed by atoms with E-state index in [1.165, 1.54) is 0 Å². The molecular weight excluding hydrogens is 298 g/mol. The summed E-state index contributed by atoms with van der Waals surface area (Å²) in [5.41, 5.74) is 3.87. The Hall–Kier alpha value is -3.65. The molecule has 5 heteroatoms. The van der Waals surface area contributed by atoms with E-state index in [9.17, 15) is 5.26 Å². The second-order valence-electron chi connectivity index (χ2n) is 5.29. The number of allylic oxidation sites excluding steroid dienone is 1. The predicted molar refractivity (Wildman–Crippen MR) is 93.1 cm³/mol. The van der Waals surface area contributed by atoms with Crippen molar-refractivity contribution >= 4 is 22.7 Å². The van der Waals surface area contributed by atoms with Crippen LogP contribution in [-0.2, 0) is 0 Å². The highest BCUT2D eigenvalue weighted by Gasteiger charge is 2.08. The molecule has 2 aromatic carbocycles. The third-order valence-corrected chi connectivity index (χ3v) is 3.69. The fourth-order valence-electron chi connectivity index (χ4n) is 2.52. The van der Waals surface area contributed by atoms with Crippen molar-refractivity contribution in [3.05, 3.63) is 78.4 Å². The van der Waals surface area contributed by atoms with Gasteiger partial charge in [-0.2, -0.15) is 10.4 Å². The van der Waals surface area contributed by atoms with Crippen LogP contribution >= 0.6 is 0 Å². The van der Waals surface area contributed by atoms with Gasteiger partial charge in [-0.05, 0) is 36.4 Å². The van der Waals surface area contributed by atoms with Crippen molar-refractivity contribution in [3.8, 4) is 11.8 Å². The summed E-state index contributed by atoms with van der Waals surface area (Å²) >= 11 is 0. The fraction of sp³-hybridized carbons (Fsp3) is 0. The molecule has 24 heavy (non-hydrogen) atoms. The van der Waals surface area contributed by atoms with Crippen molar-refractivity contribution in [2.75, 3.05) is 0 Å². The average molecular weight is 311 g/mol. The van der Waals surface area contributed by atoms with Gasteiger partial charge in [-0.1, -0.05) is 30.3 Å². The number of nitrogens with zero attached hydrogens (tertiary/aromatic N) is 4. The van der Waals surface area contributed by atoms with E-state index in [2.05, 4.69) is 21.1 Å². The lowest BCUT2D eigenvalue weighted by atomic mass is 10.2. The first-order valence-electron chi connectivity index (χ1n) is 7.51. The van der Waals surface area contributed by atoms with Crippen LogP contribution < -0.4 is 0 Å². The molecular formula is C19H13N5. The fourth-order valence-corrected chi connectivity index (χ4v) is 2.52. The van der Waals surface area contributed by atoms with Gasteiger partial charge >= 0.3 is 0 Å². The first kappa shape index (κ1) is 14.0. The molecule has 5 nitrogen and oxygen atoms in total. The van der Waals surface area contributed by atoms with Gasteiger partial charge in [0.25, 0.3) is 0 Å². The maximum Gasteiger partial charge on any atom is 0.149 e. The summed E-state index contributed by atoms with van der Waals surface area (Å²) in [6.45, 7) is 0. The Kier molecular flexibility index (Phi) is 3.41. The highest BCUT2D eigenvalue weighted by atomic mass is 15.3. The Bertz CT molecular complexity index is 1030. The highest BCUT2D eigenvalue weighted by Crippen LogP contribution is 2.19. The normalized spacial score (nSPS) is 11.5. The second-order valence-corrected chi connectivity index (χ2v) is 5.29. The van der Waals surface area contributed by atoms with Crippen LogP contribution in [0.2, 0.25) is 0 Å². The molecule has 114 valence electrons. The predicted octanol–water partition coefficient (Wildman–Crippen LogP) is 3.81. The Morgan fingerprint density at radius 2 is 1.83 bits per heavy atom. The Balaban J connectivity index is 1.71. The Labute approximate surface area is 138 Å². The van der Waals surface area contributed by atoms with Crippen molar-refractivity contribution in [3.63, 3.8) is 0 Å². The third-order valence-electron chi connectivity index (χ3n) is 3.69. The van der Waals surface area contributed by atoms with Crippen LogP contribution in [0, 0.1) is 11.3 Å². The van der Waals surface area contributed by atoms with Gasteiger partial charge in [0.1, 0.15) is 11.9 Å². The molecule has 0 saturated heterocycles. The van der Waals surface area contributed by atoms with E-state index in [4.69, 9.17) is 0 Å². The standard InChI is InChI=1S/C19H13N5/c20-13-14(19-21-17-8-4-5-9-18(17)22-19)12-15-10-11-24(23-15)16-6-2-1-3-7-16/h1-12H,(H,21,22). The van der Waals surface area contributed by atoms with Crippen LogP contribution in [0.3, 0.4) is 0 Å². The second kappa shape index (κ2) is 5.86. The number of nitriles is 1. The van der Waals surface area contributed by atoms with E-state index in [1.54, 1.807) is 10.8 Å². The minimum absolute atomic E-state index is 0.449. The minimum atomic E-state index is 0.449. The number of aromatic nitrogens is 4. The third kappa shape index (κ3) is 2.57. The van der Waals surface area contributed by atoms with Gasteiger partial charge < -0.3 is 4.98 Å². The molecule has 1 N–H and O–H groups in total. The summed E-state index contributed by atoms with van der Waals surface area (Å²) in [5.74, 6) is 0.549. The summed E-state index contributed by atoms with van der Waals surface area (Å²) in [7, 11) is 0. The van der Waals surface area contributed by atoms with E-state index in [0.717, 1.165) is 16.7 Å². The molecule has 0 aliphatic carbocycles. The van der Waals surface area contributed by atoms with Crippen LogP contribution in [0.4, 0.5) is 0 Å². The molecule has 0 fully saturated rings. The van der Waals surface area contributed by atoms with Crippen LogP contribution in [-0.4, -0.2) is 19.7 Å². The van der Waals surface area contributed by atoms with Crippen LogP contribution in [0.1, 0.15) is 11.5 Å². The number of hydrogen-bond donors (Lipinski definition) is 1. The first-order chi connectivity index (χ1) is 11.8. The van der Waals surface area contributed by atoms with E-state index in [-0.39, 0.29) is 0 Å². The maximum atomic E-state index is 9.48. The molecule has 0 bridgehead atoms. The van der Waals surface area contributed by atoms with Crippen LogP contribution in [0.5, 0.6) is 0 Å². The van der Waals surface area contributed by atoms with Crippen molar-refractivity contribution in [1.82, 2.24) is 19.7 Å². The molecule has 0 aliphatic heterocycles.